The Balaban J connectivity index is 1.87. The number of fused-ring (bicyclic) bond motifs is 1. The van der Waals surface area contributed by atoms with Crippen LogP contribution in [-0.4, -0.2) is 12.2 Å². The lowest BCUT2D eigenvalue weighted by molar-refractivity contribution is -0.117. The number of hydrogen-bond donors (Lipinski definition) is 1. The van der Waals surface area contributed by atoms with Gasteiger partial charge in [-0.1, -0.05) is 54.5 Å². The molecule has 0 aromatic heterocycles. The van der Waals surface area contributed by atoms with Crippen LogP contribution in [0.3, 0.4) is 0 Å². The average Bonchev–Trinajstić information content (AvgIpc) is 2.73. The van der Waals surface area contributed by atoms with E-state index in [2.05, 4.69) is 11.2 Å². The number of terminal acetylenes is 1. The maximum Gasteiger partial charge on any atom is 0.231 e. The van der Waals surface area contributed by atoms with Crippen LogP contribution in [0.2, 0.25) is 0 Å². The van der Waals surface area contributed by atoms with Crippen molar-refractivity contribution in [2.75, 3.05) is 5.32 Å². The molecule has 1 N–H and O–H groups in total. The summed E-state index contributed by atoms with van der Waals surface area (Å²) in [5.41, 5.74) is 3.41. The van der Waals surface area contributed by atoms with Gasteiger partial charge in [-0.05, 0) is 53.8 Å². The number of benzene rings is 3. The van der Waals surface area contributed by atoms with Gasteiger partial charge in [0.2, 0.25) is 5.91 Å². The fourth-order valence-corrected chi connectivity index (χ4v) is 3.39. The first-order chi connectivity index (χ1) is 13.6. The van der Waals surface area contributed by atoms with Crippen LogP contribution in [0, 0.1) is 12.3 Å². The number of anilines is 1. The molecule has 0 saturated heterocycles. The summed E-state index contributed by atoms with van der Waals surface area (Å²) in [6.45, 7) is 1.91. The van der Waals surface area contributed by atoms with E-state index in [1.807, 2.05) is 67.6 Å². The molecule has 0 heterocycles. The lowest BCUT2D eigenvalue weighted by Gasteiger charge is -2.17. The molecule has 1 amide bonds. The lowest BCUT2D eigenvalue weighted by atomic mass is 9.94. The molecule has 0 spiro atoms. The molecule has 3 aromatic rings. The molecule has 28 heavy (non-hydrogen) atoms. The van der Waals surface area contributed by atoms with Gasteiger partial charge in [0.1, 0.15) is 6.29 Å². The van der Waals surface area contributed by atoms with Gasteiger partial charge in [-0.2, -0.15) is 0 Å². The first-order valence-electron chi connectivity index (χ1n) is 9.45. The van der Waals surface area contributed by atoms with Crippen LogP contribution in [-0.2, 0) is 16.0 Å². The van der Waals surface area contributed by atoms with Gasteiger partial charge in [0.25, 0.3) is 0 Å². The third kappa shape index (κ3) is 4.29. The second-order valence-electron chi connectivity index (χ2n) is 6.85. The van der Waals surface area contributed by atoms with Crippen molar-refractivity contribution in [2.45, 2.75) is 32.1 Å². The molecule has 140 valence electrons. The van der Waals surface area contributed by atoms with Crippen molar-refractivity contribution in [1.82, 2.24) is 0 Å². The van der Waals surface area contributed by atoms with Gasteiger partial charge in [-0.25, -0.2) is 0 Å². The molecule has 0 aliphatic carbocycles. The van der Waals surface area contributed by atoms with E-state index in [0.29, 0.717) is 18.4 Å². The number of carbonyl (C=O) groups excluding carboxylic acids is 2. The maximum atomic E-state index is 13.0. The molecule has 3 aromatic carbocycles. The van der Waals surface area contributed by atoms with E-state index in [0.717, 1.165) is 40.3 Å². The SMILES string of the molecule is C#Cc1ccc(CCCC=O)c(NC(=O)C(C)c2cccc3ccccc23)c1. The first kappa shape index (κ1) is 19.4. The molecule has 0 aliphatic rings. The summed E-state index contributed by atoms with van der Waals surface area (Å²) in [6.07, 6.45) is 8.38. The van der Waals surface area contributed by atoms with Crippen LogP contribution < -0.4 is 5.32 Å². The molecule has 0 bridgehead atoms. The Bertz CT molecular complexity index is 1040. The zero-order chi connectivity index (χ0) is 19.9. The summed E-state index contributed by atoms with van der Waals surface area (Å²) in [5.74, 6) is 2.22. The topological polar surface area (TPSA) is 46.2 Å². The Morgan fingerprint density at radius 3 is 2.71 bits per heavy atom. The predicted octanol–water partition coefficient (Wildman–Crippen LogP) is 5.08. The maximum absolute atomic E-state index is 13.0. The van der Waals surface area contributed by atoms with Crippen molar-refractivity contribution in [3.8, 4) is 12.3 Å². The Kier molecular flexibility index (Phi) is 6.24. The highest BCUT2D eigenvalue weighted by atomic mass is 16.1. The quantitative estimate of drug-likeness (QED) is 0.358. The standard InChI is InChI=1S/C25H23NO2/c1-3-19-14-15-21(10-6-7-16-27)24(17-19)26-25(28)18(2)22-13-8-11-20-9-4-5-12-23(20)22/h1,4-5,8-9,11-18H,6-7,10H2,2H3,(H,26,28). The summed E-state index contributed by atoms with van der Waals surface area (Å²) in [7, 11) is 0. The molecular formula is C25H23NO2. The van der Waals surface area contributed by atoms with E-state index >= 15 is 0 Å². The van der Waals surface area contributed by atoms with Gasteiger partial charge in [0.15, 0.2) is 0 Å². The Morgan fingerprint density at radius 1 is 1.14 bits per heavy atom. The van der Waals surface area contributed by atoms with Crippen LogP contribution >= 0.6 is 0 Å². The Hall–Kier alpha value is -3.38. The van der Waals surface area contributed by atoms with Gasteiger partial charge in [0.05, 0.1) is 5.92 Å². The third-order valence-electron chi connectivity index (χ3n) is 4.99. The third-order valence-corrected chi connectivity index (χ3v) is 4.99. The largest absolute Gasteiger partial charge is 0.325 e. The zero-order valence-electron chi connectivity index (χ0n) is 15.9. The number of unbranched alkanes of at least 4 members (excludes halogenated alkanes) is 1. The van der Waals surface area contributed by atoms with Gasteiger partial charge >= 0.3 is 0 Å². The molecule has 0 fully saturated rings. The van der Waals surface area contributed by atoms with Crippen LogP contribution in [0.25, 0.3) is 10.8 Å². The van der Waals surface area contributed by atoms with E-state index in [9.17, 15) is 9.59 Å². The van der Waals surface area contributed by atoms with Crippen molar-refractivity contribution < 1.29 is 9.59 Å². The smallest absolute Gasteiger partial charge is 0.231 e. The number of carbonyl (C=O) groups is 2. The lowest BCUT2D eigenvalue weighted by Crippen LogP contribution is -2.20. The van der Waals surface area contributed by atoms with Crippen molar-refractivity contribution in [2.24, 2.45) is 0 Å². The minimum absolute atomic E-state index is 0.0813. The number of aryl methyl sites for hydroxylation is 1. The van der Waals surface area contributed by atoms with Gasteiger partial charge in [-0.3, -0.25) is 4.79 Å². The van der Waals surface area contributed by atoms with E-state index in [-0.39, 0.29) is 11.8 Å². The minimum atomic E-state index is -0.316. The predicted molar refractivity (Wildman–Crippen MR) is 114 cm³/mol. The fraction of sp³-hybridized carbons (Fsp3) is 0.200. The van der Waals surface area contributed by atoms with E-state index < -0.39 is 0 Å². The highest BCUT2D eigenvalue weighted by Crippen LogP contribution is 2.28. The second-order valence-corrected chi connectivity index (χ2v) is 6.85. The van der Waals surface area contributed by atoms with Crippen LogP contribution in [0.1, 0.15) is 42.4 Å². The van der Waals surface area contributed by atoms with Gasteiger partial charge < -0.3 is 10.1 Å². The summed E-state index contributed by atoms with van der Waals surface area (Å²) in [5, 5.41) is 5.25. The number of hydrogen-bond acceptors (Lipinski definition) is 2. The second kappa shape index (κ2) is 9.01. The number of rotatable bonds is 7. The summed E-state index contributed by atoms with van der Waals surface area (Å²) in [6, 6.07) is 19.7. The summed E-state index contributed by atoms with van der Waals surface area (Å²) in [4.78, 5) is 23.6. The van der Waals surface area contributed by atoms with Crippen LogP contribution in [0.5, 0.6) is 0 Å². The molecule has 3 rings (SSSR count). The molecule has 0 radical (unpaired) electrons. The number of amides is 1. The molecule has 3 nitrogen and oxygen atoms in total. The molecule has 0 aliphatic heterocycles. The van der Waals surface area contributed by atoms with Gasteiger partial charge in [-0.15, -0.1) is 6.42 Å². The van der Waals surface area contributed by atoms with E-state index in [1.54, 1.807) is 0 Å². The van der Waals surface area contributed by atoms with Crippen molar-refractivity contribution in [3.05, 3.63) is 77.4 Å². The van der Waals surface area contributed by atoms with E-state index in [4.69, 9.17) is 6.42 Å². The molecule has 1 atom stereocenters. The van der Waals surface area contributed by atoms with E-state index in [1.165, 1.54) is 0 Å². The molecule has 3 heteroatoms. The average molecular weight is 369 g/mol. The fourth-order valence-electron chi connectivity index (χ4n) is 3.39. The highest BCUT2D eigenvalue weighted by molar-refractivity contribution is 5.99. The molecule has 0 saturated carbocycles. The number of nitrogens with one attached hydrogen (secondary N) is 1. The Morgan fingerprint density at radius 2 is 1.93 bits per heavy atom. The zero-order valence-corrected chi connectivity index (χ0v) is 15.9. The number of aldehydes is 1. The van der Waals surface area contributed by atoms with Gasteiger partial charge in [0, 0.05) is 17.7 Å². The van der Waals surface area contributed by atoms with Crippen molar-refractivity contribution >= 4 is 28.7 Å². The monoisotopic (exact) mass is 369 g/mol. The van der Waals surface area contributed by atoms with Crippen molar-refractivity contribution in [1.29, 1.82) is 0 Å². The molecular weight excluding hydrogens is 346 g/mol. The minimum Gasteiger partial charge on any atom is -0.325 e. The summed E-state index contributed by atoms with van der Waals surface area (Å²) >= 11 is 0. The van der Waals surface area contributed by atoms with Crippen LogP contribution in [0.4, 0.5) is 5.69 Å². The highest BCUT2D eigenvalue weighted by Gasteiger charge is 2.18. The van der Waals surface area contributed by atoms with Crippen molar-refractivity contribution in [3.63, 3.8) is 0 Å². The Labute approximate surface area is 165 Å². The first-order valence-corrected chi connectivity index (χ1v) is 9.45. The van der Waals surface area contributed by atoms with Crippen LogP contribution in [0.15, 0.2) is 60.7 Å². The normalized spacial score (nSPS) is 11.6. The summed E-state index contributed by atoms with van der Waals surface area (Å²) < 4.78 is 0. The molecule has 1 unspecified atom stereocenters.